The fourth-order valence-corrected chi connectivity index (χ4v) is 4.63. The van der Waals surface area contributed by atoms with Crippen molar-refractivity contribution in [3.05, 3.63) is 52.2 Å². The average molecular weight is 442 g/mol. The van der Waals surface area contributed by atoms with E-state index in [1.165, 1.54) is 7.11 Å². The van der Waals surface area contributed by atoms with Crippen LogP contribution in [0.1, 0.15) is 36.3 Å². The molecule has 0 spiro atoms. The fourth-order valence-electron chi connectivity index (χ4n) is 4.63. The molecule has 0 aromatic heterocycles. The van der Waals surface area contributed by atoms with Gasteiger partial charge in [0.2, 0.25) is 0 Å². The van der Waals surface area contributed by atoms with Gasteiger partial charge in [-0.15, -0.1) is 0 Å². The molecule has 0 aliphatic heterocycles. The zero-order chi connectivity index (χ0) is 23.5. The van der Waals surface area contributed by atoms with E-state index in [1.54, 1.807) is 18.2 Å². The van der Waals surface area contributed by atoms with Crippen LogP contribution >= 0.6 is 0 Å². The monoisotopic (exact) mass is 442 g/mol. The van der Waals surface area contributed by atoms with E-state index in [1.807, 2.05) is 18.2 Å². The summed E-state index contributed by atoms with van der Waals surface area (Å²) in [5.74, 6) is -0.678. The largest absolute Gasteiger partial charge is 0.496 e. The van der Waals surface area contributed by atoms with E-state index in [0.717, 1.165) is 12.8 Å². The highest BCUT2D eigenvalue weighted by molar-refractivity contribution is 5.59. The molecule has 3 rings (SSSR count). The summed E-state index contributed by atoms with van der Waals surface area (Å²) in [4.78, 5) is 0. The van der Waals surface area contributed by atoms with Crippen molar-refractivity contribution in [2.45, 2.75) is 38.0 Å². The number of nitrogens with zero attached hydrogens (tertiary/aromatic N) is 3. The summed E-state index contributed by atoms with van der Waals surface area (Å²) in [7, 11) is 1.39. The van der Waals surface area contributed by atoms with Crippen molar-refractivity contribution in [3.63, 3.8) is 0 Å². The van der Waals surface area contributed by atoms with Crippen LogP contribution in [0.5, 0.6) is 5.75 Å². The van der Waals surface area contributed by atoms with Crippen LogP contribution in [0.2, 0.25) is 0 Å². The Balaban J connectivity index is 2.13. The van der Waals surface area contributed by atoms with Crippen LogP contribution in [0.15, 0.2) is 41.1 Å². The number of nitriles is 3. The topological polar surface area (TPSA) is 116 Å². The number of rotatable bonds is 5. The Morgan fingerprint density at radius 1 is 1.22 bits per heavy atom. The molecule has 32 heavy (non-hydrogen) atoms. The van der Waals surface area contributed by atoms with Gasteiger partial charge in [-0.05, 0) is 48.4 Å². The molecule has 0 heterocycles. The molecule has 166 valence electrons. The van der Waals surface area contributed by atoms with Crippen LogP contribution < -0.4 is 10.5 Å². The van der Waals surface area contributed by atoms with E-state index >= 15 is 0 Å². The van der Waals surface area contributed by atoms with Gasteiger partial charge < -0.3 is 15.2 Å². The lowest BCUT2D eigenvalue weighted by Crippen LogP contribution is -2.42. The van der Waals surface area contributed by atoms with Gasteiger partial charge in [0, 0.05) is 11.5 Å². The third kappa shape index (κ3) is 4.02. The van der Waals surface area contributed by atoms with Crippen molar-refractivity contribution < 1.29 is 22.6 Å². The van der Waals surface area contributed by atoms with Crippen molar-refractivity contribution in [3.8, 4) is 24.0 Å². The van der Waals surface area contributed by atoms with Crippen LogP contribution in [-0.4, -0.2) is 19.9 Å². The third-order valence-electron chi connectivity index (χ3n) is 5.99. The number of fused-ring (bicyclic) bond motifs is 1. The lowest BCUT2D eigenvalue weighted by Gasteiger charge is -2.43. The van der Waals surface area contributed by atoms with E-state index in [9.17, 15) is 29.0 Å². The minimum atomic E-state index is -4.47. The molecular formula is C23H21F3N4O2. The average Bonchev–Trinajstić information content (AvgIpc) is 2.77. The van der Waals surface area contributed by atoms with E-state index in [0.29, 0.717) is 28.9 Å². The number of methoxy groups -OCH3 is 1. The molecule has 0 bridgehead atoms. The Morgan fingerprint density at radius 3 is 2.53 bits per heavy atom. The lowest BCUT2D eigenvalue weighted by molar-refractivity contribution is -0.176. The third-order valence-corrected chi connectivity index (χ3v) is 5.99. The number of nitrogens with two attached hydrogens (primary N) is 1. The van der Waals surface area contributed by atoms with Crippen LogP contribution in [0, 0.1) is 45.3 Å². The Labute approximate surface area is 183 Å². The molecule has 2 aliphatic rings. The second-order valence-electron chi connectivity index (χ2n) is 7.79. The summed E-state index contributed by atoms with van der Waals surface area (Å²) >= 11 is 0. The predicted octanol–water partition coefficient (Wildman–Crippen LogP) is 4.37. The zero-order valence-electron chi connectivity index (χ0n) is 17.4. The lowest BCUT2D eigenvalue weighted by atomic mass is 9.56. The first-order valence-electron chi connectivity index (χ1n) is 9.97. The van der Waals surface area contributed by atoms with Crippen LogP contribution in [0.3, 0.4) is 0 Å². The normalized spacial score (nSPS) is 22.1. The van der Waals surface area contributed by atoms with Gasteiger partial charge in [0.05, 0.1) is 37.1 Å². The number of alkyl halides is 3. The molecule has 0 saturated carbocycles. The molecule has 0 amide bonds. The van der Waals surface area contributed by atoms with Gasteiger partial charge in [-0.25, -0.2) is 0 Å². The van der Waals surface area contributed by atoms with Crippen LogP contribution in [0.4, 0.5) is 13.2 Å². The minimum Gasteiger partial charge on any atom is -0.496 e. The Morgan fingerprint density at radius 2 is 1.94 bits per heavy atom. The standard InChI is InChI=1S/C23H21F3N4O2/c1-31-19-7-6-14(8-15(19)10-32-13-23(24,25)26)20-17-5-3-2-4-16(17)18(9-27)21(30)22(20,11-28)12-29/h4,6-8,17,20H,2-3,5,10,13,30H2,1H3/t17-,20+/m1/s1. The van der Waals surface area contributed by atoms with Gasteiger partial charge in [0.15, 0.2) is 5.41 Å². The SMILES string of the molecule is COc1ccc([C@H]2[C@@H]3CCCC=C3C(C#N)=C(N)C2(C#N)C#N)cc1COCC(F)(F)F. The number of halogens is 3. The first-order valence-corrected chi connectivity index (χ1v) is 9.97. The predicted molar refractivity (Wildman–Crippen MR) is 107 cm³/mol. The van der Waals surface area contributed by atoms with Gasteiger partial charge >= 0.3 is 6.18 Å². The number of ether oxygens (including phenoxy) is 2. The highest BCUT2D eigenvalue weighted by atomic mass is 19.4. The molecule has 0 unspecified atom stereocenters. The molecule has 1 aromatic rings. The van der Waals surface area contributed by atoms with Crippen molar-refractivity contribution >= 4 is 0 Å². The van der Waals surface area contributed by atoms with Crippen molar-refractivity contribution in [2.75, 3.05) is 13.7 Å². The van der Waals surface area contributed by atoms with Crippen LogP contribution in [0.25, 0.3) is 0 Å². The maximum absolute atomic E-state index is 12.5. The highest BCUT2D eigenvalue weighted by Gasteiger charge is 2.53. The smallest absolute Gasteiger partial charge is 0.411 e. The summed E-state index contributed by atoms with van der Waals surface area (Å²) in [6.45, 7) is -1.78. The van der Waals surface area contributed by atoms with Crippen molar-refractivity contribution in [1.82, 2.24) is 0 Å². The maximum Gasteiger partial charge on any atom is 0.411 e. The summed E-state index contributed by atoms with van der Waals surface area (Å²) in [6, 6.07) is 11.0. The first kappa shape index (κ1) is 23.2. The van der Waals surface area contributed by atoms with Gasteiger partial charge in [0.1, 0.15) is 18.4 Å². The van der Waals surface area contributed by atoms with Gasteiger partial charge in [-0.2, -0.15) is 29.0 Å². The quantitative estimate of drug-likeness (QED) is 0.724. The molecule has 1 aromatic carbocycles. The van der Waals surface area contributed by atoms with Crippen molar-refractivity contribution in [1.29, 1.82) is 15.8 Å². The summed E-state index contributed by atoms with van der Waals surface area (Å²) in [6.07, 6.45) is -0.343. The molecule has 0 fully saturated rings. The van der Waals surface area contributed by atoms with Gasteiger partial charge in [-0.1, -0.05) is 12.1 Å². The molecule has 6 nitrogen and oxygen atoms in total. The number of hydrogen-bond donors (Lipinski definition) is 1. The molecule has 2 atom stereocenters. The van der Waals surface area contributed by atoms with Gasteiger partial charge in [0.25, 0.3) is 0 Å². The maximum atomic E-state index is 12.5. The van der Waals surface area contributed by atoms with E-state index in [2.05, 4.69) is 6.07 Å². The zero-order valence-corrected chi connectivity index (χ0v) is 17.4. The molecule has 9 heteroatoms. The fraction of sp³-hybridized carbons (Fsp3) is 0.435. The molecule has 2 N–H and O–H groups in total. The summed E-state index contributed by atoms with van der Waals surface area (Å²) < 4.78 is 47.6. The molecular weight excluding hydrogens is 421 g/mol. The Hall–Kier alpha value is -3.48. The Bertz CT molecular complexity index is 1070. The highest BCUT2D eigenvalue weighted by Crippen LogP contribution is 2.56. The number of benzene rings is 1. The Kier molecular flexibility index (Phi) is 6.48. The second kappa shape index (κ2) is 8.94. The number of allylic oxidation sites excluding steroid dienone is 4. The van der Waals surface area contributed by atoms with E-state index in [4.69, 9.17) is 15.2 Å². The van der Waals surface area contributed by atoms with E-state index < -0.39 is 24.1 Å². The summed E-state index contributed by atoms with van der Waals surface area (Å²) in [5.41, 5.74) is 6.15. The van der Waals surface area contributed by atoms with Crippen LogP contribution in [-0.2, 0) is 11.3 Å². The summed E-state index contributed by atoms with van der Waals surface area (Å²) in [5, 5.41) is 29.8. The molecule has 2 aliphatic carbocycles. The molecule has 0 saturated heterocycles. The van der Waals surface area contributed by atoms with Gasteiger partial charge in [-0.3, -0.25) is 0 Å². The van der Waals surface area contributed by atoms with Crippen molar-refractivity contribution in [2.24, 2.45) is 17.1 Å². The van der Waals surface area contributed by atoms with E-state index in [-0.39, 0.29) is 23.8 Å². The minimum absolute atomic E-state index is 0.0925. The molecule has 0 radical (unpaired) electrons. The first-order chi connectivity index (χ1) is 15.2. The second-order valence-corrected chi connectivity index (χ2v) is 7.79. The number of hydrogen-bond acceptors (Lipinski definition) is 6.